The van der Waals surface area contributed by atoms with Crippen molar-refractivity contribution in [3.63, 3.8) is 0 Å². The van der Waals surface area contributed by atoms with E-state index in [4.69, 9.17) is 0 Å². The Morgan fingerprint density at radius 1 is 1.32 bits per heavy atom. The van der Waals surface area contributed by atoms with Crippen LogP contribution in [-0.4, -0.2) is 29.5 Å². The van der Waals surface area contributed by atoms with E-state index in [2.05, 4.69) is 27.1 Å². The van der Waals surface area contributed by atoms with Crippen LogP contribution in [0.3, 0.4) is 0 Å². The van der Waals surface area contributed by atoms with E-state index >= 15 is 0 Å². The van der Waals surface area contributed by atoms with E-state index in [-0.39, 0.29) is 5.91 Å². The molecule has 0 aliphatic rings. The van der Waals surface area contributed by atoms with Crippen LogP contribution >= 0.6 is 0 Å². The van der Waals surface area contributed by atoms with Crippen LogP contribution in [-0.2, 0) is 6.54 Å². The second kappa shape index (κ2) is 8.12. The van der Waals surface area contributed by atoms with E-state index in [1.54, 1.807) is 24.7 Å². The number of amides is 1. The van der Waals surface area contributed by atoms with Gasteiger partial charge in [0.1, 0.15) is 5.82 Å². The molecule has 2 aromatic heterocycles. The van der Waals surface area contributed by atoms with Crippen LogP contribution in [0, 0.1) is 0 Å². The molecule has 22 heavy (non-hydrogen) atoms. The first-order valence-electron chi connectivity index (χ1n) is 7.55. The van der Waals surface area contributed by atoms with Crippen molar-refractivity contribution in [3.8, 4) is 0 Å². The number of carbonyl (C=O) groups excluding carboxylic acids is 1. The minimum absolute atomic E-state index is 0.101. The highest BCUT2D eigenvalue weighted by Crippen LogP contribution is 2.12. The zero-order valence-corrected chi connectivity index (χ0v) is 13.1. The van der Waals surface area contributed by atoms with Gasteiger partial charge in [0, 0.05) is 44.3 Å². The Balaban J connectivity index is 1.97. The maximum atomic E-state index is 12.2. The van der Waals surface area contributed by atoms with Gasteiger partial charge in [0.25, 0.3) is 5.91 Å². The average Bonchev–Trinajstić information content (AvgIpc) is 2.58. The molecule has 2 rings (SSSR count). The molecule has 0 saturated heterocycles. The second-order valence-corrected chi connectivity index (χ2v) is 5.22. The molecule has 0 atom stereocenters. The van der Waals surface area contributed by atoms with Crippen molar-refractivity contribution >= 4 is 11.7 Å². The maximum Gasteiger partial charge on any atom is 0.251 e. The minimum atomic E-state index is -0.101. The molecule has 116 valence electrons. The van der Waals surface area contributed by atoms with Gasteiger partial charge in [-0.15, -0.1) is 0 Å². The van der Waals surface area contributed by atoms with E-state index in [0.717, 1.165) is 30.8 Å². The molecule has 1 N–H and O–H groups in total. The summed E-state index contributed by atoms with van der Waals surface area (Å²) in [4.78, 5) is 22.7. The summed E-state index contributed by atoms with van der Waals surface area (Å²) >= 11 is 0. The Kier molecular flexibility index (Phi) is 5.89. The van der Waals surface area contributed by atoms with Gasteiger partial charge in [-0.2, -0.15) is 0 Å². The van der Waals surface area contributed by atoms with Crippen molar-refractivity contribution in [2.24, 2.45) is 0 Å². The average molecular weight is 298 g/mol. The van der Waals surface area contributed by atoms with Gasteiger partial charge in [0.05, 0.1) is 0 Å². The van der Waals surface area contributed by atoms with Crippen LogP contribution in [0.2, 0.25) is 0 Å². The largest absolute Gasteiger partial charge is 0.360 e. The number of unbranched alkanes of at least 4 members (excludes halogenated alkanes) is 1. The number of anilines is 1. The van der Waals surface area contributed by atoms with Gasteiger partial charge in [0.15, 0.2) is 0 Å². The molecule has 0 aliphatic carbocycles. The molecular weight excluding hydrogens is 276 g/mol. The molecular formula is C17H22N4O. The van der Waals surface area contributed by atoms with E-state index in [0.29, 0.717) is 12.1 Å². The summed E-state index contributed by atoms with van der Waals surface area (Å²) in [6.45, 7) is 3.56. The van der Waals surface area contributed by atoms with Crippen LogP contribution in [0.25, 0.3) is 0 Å². The first kappa shape index (κ1) is 15.9. The van der Waals surface area contributed by atoms with Crippen LogP contribution < -0.4 is 10.2 Å². The van der Waals surface area contributed by atoms with Gasteiger partial charge in [-0.3, -0.25) is 9.78 Å². The number of pyridine rings is 2. The Morgan fingerprint density at radius 2 is 2.18 bits per heavy atom. The molecule has 5 nitrogen and oxygen atoms in total. The molecule has 0 radical (unpaired) electrons. The summed E-state index contributed by atoms with van der Waals surface area (Å²) in [5.74, 6) is 0.721. The predicted octanol–water partition coefficient (Wildman–Crippen LogP) is 2.64. The SMILES string of the molecule is CCCCN(C)c1cc(C(=O)NCc2cccnc2)ccn1. The van der Waals surface area contributed by atoms with E-state index < -0.39 is 0 Å². The number of carbonyl (C=O) groups is 1. The van der Waals surface area contributed by atoms with Crippen LogP contribution in [0.1, 0.15) is 35.7 Å². The smallest absolute Gasteiger partial charge is 0.251 e. The molecule has 0 aliphatic heterocycles. The Bertz CT molecular complexity index is 601. The standard InChI is InChI=1S/C17H22N4O/c1-3-4-10-21(2)16-11-15(7-9-19-16)17(22)20-13-14-6-5-8-18-12-14/h5-9,11-12H,3-4,10,13H2,1-2H3,(H,20,22). The second-order valence-electron chi connectivity index (χ2n) is 5.22. The lowest BCUT2D eigenvalue weighted by molar-refractivity contribution is 0.0951. The van der Waals surface area contributed by atoms with Gasteiger partial charge in [-0.25, -0.2) is 4.98 Å². The Morgan fingerprint density at radius 3 is 2.91 bits per heavy atom. The van der Waals surface area contributed by atoms with Crippen molar-refractivity contribution in [3.05, 3.63) is 54.0 Å². The lowest BCUT2D eigenvalue weighted by Gasteiger charge is -2.18. The summed E-state index contributed by atoms with van der Waals surface area (Å²) in [5.41, 5.74) is 1.60. The third-order valence-electron chi connectivity index (χ3n) is 3.42. The Hall–Kier alpha value is -2.43. The van der Waals surface area contributed by atoms with E-state index in [9.17, 15) is 4.79 Å². The maximum absolute atomic E-state index is 12.2. The van der Waals surface area contributed by atoms with Crippen LogP contribution in [0.5, 0.6) is 0 Å². The number of nitrogens with zero attached hydrogens (tertiary/aromatic N) is 3. The number of nitrogens with one attached hydrogen (secondary N) is 1. The molecule has 0 fully saturated rings. The first-order valence-corrected chi connectivity index (χ1v) is 7.55. The topological polar surface area (TPSA) is 58.1 Å². The summed E-state index contributed by atoms with van der Waals surface area (Å²) in [7, 11) is 2.00. The third-order valence-corrected chi connectivity index (χ3v) is 3.42. The molecule has 0 saturated carbocycles. The quantitative estimate of drug-likeness (QED) is 0.853. The molecule has 5 heteroatoms. The summed E-state index contributed by atoms with van der Waals surface area (Å²) in [6.07, 6.45) is 7.38. The predicted molar refractivity (Wildman–Crippen MR) is 87.8 cm³/mol. The van der Waals surface area contributed by atoms with Gasteiger partial charge in [-0.1, -0.05) is 19.4 Å². The highest BCUT2D eigenvalue weighted by atomic mass is 16.1. The fraction of sp³-hybridized carbons (Fsp3) is 0.353. The molecule has 0 spiro atoms. The van der Waals surface area contributed by atoms with Crippen LogP contribution in [0.4, 0.5) is 5.82 Å². The van der Waals surface area contributed by atoms with Gasteiger partial charge >= 0.3 is 0 Å². The minimum Gasteiger partial charge on any atom is -0.360 e. The molecule has 2 aromatic rings. The monoisotopic (exact) mass is 298 g/mol. The zero-order valence-electron chi connectivity index (χ0n) is 13.1. The molecule has 2 heterocycles. The Labute approximate surface area is 131 Å². The van der Waals surface area contributed by atoms with E-state index in [1.165, 1.54) is 0 Å². The first-order chi connectivity index (χ1) is 10.7. The number of hydrogen-bond acceptors (Lipinski definition) is 4. The third kappa shape index (κ3) is 4.55. The van der Waals surface area contributed by atoms with Gasteiger partial charge in [0.2, 0.25) is 0 Å². The number of rotatable bonds is 7. The van der Waals surface area contributed by atoms with Crippen LogP contribution in [0.15, 0.2) is 42.9 Å². The lowest BCUT2D eigenvalue weighted by Crippen LogP contribution is -2.24. The van der Waals surface area contributed by atoms with E-state index in [1.807, 2.05) is 25.2 Å². The highest BCUT2D eigenvalue weighted by Gasteiger charge is 2.09. The zero-order chi connectivity index (χ0) is 15.8. The number of hydrogen-bond donors (Lipinski definition) is 1. The van der Waals surface area contributed by atoms with Gasteiger partial charge in [-0.05, 0) is 30.2 Å². The van der Waals surface area contributed by atoms with Gasteiger partial charge < -0.3 is 10.2 Å². The van der Waals surface area contributed by atoms with Crippen molar-refractivity contribution in [2.45, 2.75) is 26.3 Å². The highest BCUT2D eigenvalue weighted by molar-refractivity contribution is 5.94. The fourth-order valence-corrected chi connectivity index (χ4v) is 2.07. The fourth-order valence-electron chi connectivity index (χ4n) is 2.07. The van der Waals surface area contributed by atoms with Crippen molar-refractivity contribution in [2.75, 3.05) is 18.5 Å². The molecule has 0 bridgehead atoms. The molecule has 1 amide bonds. The summed E-state index contributed by atoms with van der Waals surface area (Å²) in [6, 6.07) is 7.35. The summed E-state index contributed by atoms with van der Waals surface area (Å²) in [5, 5.41) is 2.90. The van der Waals surface area contributed by atoms with Crippen molar-refractivity contribution < 1.29 is 4.79 Å². The summed E-state index contributed by atoms with van der Waals surface area (Å²) < 4.78 is 0. The van der Waals surface area contributed by atoms with Crippen molar-refractivity contribution in [1.82, 2.24) is 15.3 Å². The molecule has 0 aromatic carbocycles. The normalized spacial score (nSPS) is 10.3. The lowest BCUT2D eigenvalue weighted by atomic mass is 10.2. The number of aromatic nitrogens is 2. The van der Waals surface area contributed by atoms with Crippen molar-refractivity contribution in [1.29, 1.82) is 0 Å². The molecule has 0 unspecified atom stereocenters.